The molecule has 1 aliphatic rings. The van der Waals surface area contributed by atoms with Crippen molar-refractivity contribution in [2.45, 2.75) is 38.8 Å². The number of carbonyl (C=O) groups excluding carboxylic acids is 1. The zero-order valence-electron chi connectivity index (χ0n) is 11.9. The Bertz CT molecular complexity index is 479. The first-order valence-corrected chi connectivity index (χ1v) is 6.91. The largest absolute Gasteiger partial charge is 0.462 e. The monoisotopic (exact) mass is 279 g/mol. The van der Waals surface area contributed by atoms with E-state index in [0.717, 1.165) is 19.4 Å². The van der Waals surface area contributed by atoms with Gasteiger partial charge in [0.05, 0.1) is 24.0 Å². The van der Waals surface area contributed by atoms with Crippen molar-refractivity contribution in [1.29, 1.82) is 0 Å². The van der Waals surface area contributed by atoms with Crippen LogP contribution < -0.4 is 11.1 Å². The third-order valence-electron chi connectivity index (χ3n) is 3.31. The summed E-state index contributed by atoms with van der Waals surface area (Å²) in [5, 5.41) is 3.29. The molecule has 20 heavy (non-hydrogen) atoms. The van der Waals surface area contributed by atoms with E-state index in [4.69, 9.17) is 15.2 Å². The van der Waals surface area contributed by atoms with E-state index in [9.17, 15) is 4.79 Å². The lowest BCUT2D eigenvalue weighted by Crippen LogP contribution is -2.33. The van der Waals surface area contributed by atoms with Crippen molar-refractivity contribution in [2.75, 3.05) is 24.3 Å². The van der Waals surface area contributed by atoms with Gasteiger partial charge in [-0.25, -0.2) is 9.78 Å². The van der Waals surface area contributed by atoms with Crippen LogP contribution in [0.25, 0.3) is 0 Å². The number of ether oxygens (including phenoxy) is 2. The number of hydrogen-bond acceptors (Lipinski definition) is 6. The minimum atomic E-state index is -0.421. The van der Waals surface area contributed by atoms with Crippen LogP contribution in [0, 0.1) is 0 Å². The number of pyridine rings is 1. The van der Waals surface area contributed by atoms with Gasteiger partial charge in [0, 0.05) is 18.8 Å². The summed E-state index contributed by atoms with van der Waals surface area (Å²) >= 11 is 0. The maximum absolute atomic E-state index is 11.8. The molecule has 0 aliphatic carbocycles. The molecule has 6 heteroatoms. The predicted molar refractivity (Wildman–Crippen MR) is 76.7 cm³/mol. The minimum Gasteiger partial charge on any atom is -0.462 e. The number of esters is 1. The summed E-state index contributed by atoms with van der Waals surface area (Å²) < 4.78 is 10.5. The molecule has 0 bridgehead atoms. The quantitative estimate of drug-likeness (QED) is 0.818. The van der Waals surface area contributed by atoms with E-state index < -0.39 is 5.97 Å². The topological polar surface area (TPSA) is 86.5 Å². The number of anilines is 2. The Labute approximate surface area is 118 Å². The molecule has 1 aliphatic heterocycles. The predicted octanol–water partition coefficient (Wildman–Crippen LogP) is 1.82. The zero-order valence-corrected chi connectivity index (χ0v) is 11.9. The third-order valence-corrected chi connectivity index (χ3v) is 3.31. The van der Waals surface area contributed by atoms with Gasteiger partial charge in [0.2, 0.25) is 0 Å². The molecule has 2 heterocycles. The van der Waals surface area contributed by atoms with Crippen LogP contribution in [0.3, 0.4) is 0 Å². The average Bonchev–Trinajstić information content (AvgIpc) is 2.41. The molecular weight excluding hydrogens is 258 g/mol. The van der Waals surface area contributed by atoms with Gasteiger partial charge in [0.25, 0.3) is 0 Å². The van der Waals surface area contributed by atoms with Gasteiger partial charge in [-0.15, -0.1) is 0 Å². The van der Waals surface area contributed by atoms with Gasteiger partial charge in [-0.1, -0.05) is 0 Å². The second-order valence-electron chi connectivity index (χ2n) is 4.89. The van der Waals surface area contributed by atoms with Crippen LogP contribution in [0.2, 0.25) is 0 Å². The smallest absolute Gasteiger partial charge is 0.340 e. The molecule has 2 atom stereocenters. The van der Waals surface area contributed by atoms with Gasteiger partial charge >= 0.3 is 5.97 Å². The first-order valence-electron chi connectivity index (χ1n) is 6.91. The summed E-state index contributed by atoms with van der Waals surface area (Å²) in [6.07, 6.45) is 3.57. The third kappa shape index (κ3) is 3.39. The molecule has 0 saturated carbocycles. The number of carbonyl (C=O) groups is 1. The van der Waals surface area contributed by atoms with E-state index in [1.807, 2.05) is 6.92 Å². The van der Waals surface area contributed by atoms with Crippen molar-refractivity contribution in [3.05, 3.63) is 17.8 Å². The number of nitrogens with zero attached hydrogens (tertiary/aromatic N) is 1. The molecule has 110 valence electrons. The maximum Gasteiger partial charge on any atom is 0.340 e. The number of nitrogens with two attached hydrogens (primary N) is 1. The fourth-order valence-corrected chi connectivity index (χ4v) is 2.30. The highest BCUT2D eigenvalue weighted by Crippen LogP contribution is 2.24. The van der Waals surface area contributed by atoms with Crippen molar-refractivity contribution in [3.8, 4) is 0 Å². The minimum absolute atomic E-state index is 0.218. The second kappa shape index (κ2) is 6.56. The first-order chi connectivity index (χ1) is 9.61. The van der Waals surface area contributed by atoms with Gasteiger partial charge in [0.1, 0.15) is 5.82 Å². The summed E-state index contributed by atoms with van der Waals surface area (Å²) in [5.41, 5.74) is 6.70. The molecule has 1 aromatic heterocycles. The van der Waals surface area contributed by atoms with Crippen LogP contribution in [0.1, 0.15) is 37.0 Å². The van der Waals surface area contributed by atoms with Crippen LogP contribution in [0.4, 0.5) is 11.5 Å². The average molecular weight is 279 g/mol. The van der Waals surface area contributed by atoms with Crippen molar-refractivity contribution in [2.24, 2.45) is 0 Å². The Kier molecular flexibility index (Phi) is 4.79. The molecule has 2 rings (SSSR count). The molecule has 1 fully saturated rings. The molecule has 3 N–H and O–H groups in total. The highest BCUT2D eigenvalue weighted by atomic mass is 16.5. The summed E-state index contributed by atoms with van der Waals surface area (Å²) in [6, 6.07) is 1.83. The van der Waals surface area contributed by atoms with Crippen LogP contribution in [-0.4, -0.2) is 36.3 Å². The lowest BCUT2D eigenvalue weighted by molar-refractivity contribution is 0.0231. The van der Waals surface area contributed by atoms with Gasteiger partial charge in [0.15, 0.2) is 0 Å². The molecule has 1 saturated heterocycles. The van der Waals surface area contributed by atoms with Crippen molar-refractivity contribution >= 4 is 17.5 Å². The SMILES string of the molecule is CCOC(=O)c1ccnc(NC2CCOC(C)C2)c1N. The maximum atomic E-state index is 11.8. The Hall–Kier alpha value is -1.82. The summed E-state index contributed by atoms with van der Waals surface area (Å²) in [7, 11) is 0. The highest BCUT2D eigenvalue weighted by Gasteiger charge is 2.21. The highest BCUT2D eigenvalue weighted by molar-refractivity contribution is 5.97. The Morgan fingerprint density at radius 2 is 2.45 bits per heavy atom. The second-order valence-corrected chi connectivity index (χ2v) is 4.89. The number of nitrogen functional groups attached to an aromatic ring is 1. The van der Waals surface area contributed by atoms with Crippen molar-refractivity contribution in [3.63, 3.8) is 0 Å². The number of rotatable bonds is 4. The van der Waals surface area contributed by atoms with E-state index in [1.54, 1.807) is 19.2 Å². The molecule has 1 aromatic rings. The van der Waals surface area contributed by atoms with Gasteiger partial charge in [-0.2, -0.15) is 0 Å². The normalized spacial score (nSPS) is 22.3. The van der Waals surface area contributed by atoms with Crippen LogP contribution >= 0.6 is 0 Å². The Morgan fingerprint density at radius 3 is 3.15 bits per heavy atom. The molecule has 0 aromatic carbocycles. The summed E-state index contributed by atoms with van der Waals surface area (Å²) in [5.74, 6) is 0.116. The van der Waals surface area contributed by atoms with E-state index in [2.05, 4.69) is 10.3 Å². The Balaban J connectivity index is 2.12. The number of nitrogens with one attached hydrogen (secondary N) is 1. The fourth-order valence-electron chi connectivity index (χ4n) is 2.30. The van der Waals surface area contributed by atoms with E-state index >= 15 is 0 Å². The van der Waals surface area contributed by atoms with Crippen LogP contribution in [0.15, 0.2) is 12.3 Å². The van der Waals surface area contributed by atoms with E-state index in [0.29, 0.717) is 23.7 Å². The summed E-state index contributed by atoms with van der Waals surface area (Å²) in [6.45, 7) is 4.84. The lowest BCUT2D eigenvalue weighted by atomic mass is 10.0. The van der Waals surface area contributed by atoms with Crippen molar-refractivity contribution < 1.29 is 14.3 Å². The van der Waals surface area contributed by atoms with Gasteiger partial charge < -0.3 is 20.5 Å². The number of aromatic nitrogens is 1. The molecule has 0 radical (unpaired) electrons. The molecule has 6 nitrogen and oxygen atoms in total. The molecule has 0 spiro atoms. The molecule has 2 unspecified atom stereocenters. The fraction of sp³-hybridized carbons (Fsp3) is 0.571. The number of hydrogen-bond donors (Lipinski definition) is 2. The molecule has 0 amide bonds. The van der Waals surface area contributed by atoms with Gasteiger partial charge in [-0.05, 0) is 32.8 Å². The van der Waals surface area contributed by atoms with Crippen LogP contribution in [-0.2, 0) is 9.47 Å². The van der Waals surface area contributed by atoms with Crippen molar-refractivity contribution in [1.82, 2.24) is 4.98 Å². The lowest BCUT2D eigenvalue weighted by Gasteiger charge is -2.28. The van der Waals surface area contributed by atoms with Crippen LogP contribution in [0.5, 0.6) is 0 Å². The Morgan fingerprint density at radius 1 is 1.65 bits per heavy atom. The first kappa shape index (κ1) is 14.6. The van der Waals surface area contributed by atoms with E-state index in [1.165, 1.54) is 0 Å². The molecular formula is C14H21N3O3. The zero-order chi connectivity index (χ0) is 14.5. The van der Waals surface area contributed by atoms with Gasteiger partial charge in [-0.3, -0.25) is 0 Å². The summed E-state index contributed by atoms with van der Waals surface area (Å²) in [4.78, 5) is 16.0. The van der Waals surface area contributed by atoms with E-state index in [-0.39, 0.29) is 12.1 Å². The standard InChI is InChI=1S/C14H21N3O3/c1-3-19-14(18)11-4-6-16-13(12(11)15)17-10-5-7-20-9(2)8-10/h4,6,9-10H,3,5,7-8,15H2,1-2H3,(H,16,17).